The number of fused-ring (bicyclic) bond motifs is 4. The molecule has 3 heterocycles. The highest BCUT2D eigenvalue weighted by Gasteiger charge is 2.48. The van der Waals surface area contributed by atoms with E-state index in [1.54, 1.807) is 16.9 Å². The number of carbonyl (C=O) groups is 2. The van der Waals surface area contributed by atoms with Crippen LogP contribution in [0.3, 0.4) is 0 Å². The van der Waals surface area contributed by atoms with Gasteiger partial charge in [0.2, 0.25) is 11.8 Å². The fourth-order valence-corrected chi connectivity index (χ4v) is 5.64. The van der Waals surface area contributed by atoms with Crippen LogP contribution < -0.4 is 4.74 Å². The number of hydrogen-bond acceptors (Lipinski definition) is 3. The summed E-state index contributed by atoms with van der Waals surface area (Å²) in [4.78, 5) is 34.6. The van der Waals surface area contributed by atoms with Crippen molar-refractivity contribution in [3.63, 3.8) is 0 Å². The summed E-state index contributed by atoms with van der Waals surface area (Å²) in [6.45, 7) is 0.613. The lowest BCUT2D eigenvalue weighted by atomic mass is 9.86. The van der Waals surface area contributed by atoms with E-state index in [-0.39, 0.29) is 18.4 Å². The minimum absolute atomic E-state index is 0.0105. The van der Waals surface area contributed by atoms with Crippen molar-refractivity contribution in [2.24, 2.45) is 0 Å². The lowest BCUT2D eigenvalue weighted by Gasteiger charge is -2.47. The quantitative estimate of drug-likeness (QED) is 0.483. The summed E-state index contributed by atoms with van der Waals surface area (Å²) in [6, 6.07) is 25.0. The van der Waals surface area contributed by atoms with Crippen molar-refractivity contribution in [2.75, 3.05) is 20.2 Å². The summed E-state index contributed by atoms with van der Waals surface area (Å²) in [6.07, 6.45) is 1.22. The summed E-state index contributed by atoms with van der Waals surface area (Å²) in [5.41, 5.74) is 5.11. The van der Waals surface area contributed by atoms with Gasteiger partial charge < -0.3 is 19.5 Å². The molecule has 0 radical (unpaired) electrons. The van der Waals surface area contributed by atoms with Gasteiger partial charge in [-0.3, -0.25) is 9.59 Å². The summed E-state index contributed by atoms with van der Waals surface area (Å²) in [7, 11) is 1.64. The van der Waals surface area contributed by atoms with Gasteiger partial charge in [0.05, 0.1) is 13.7 Å². The number of carbonyl (C=O) groups excluding carboxylic acids is 2. The van der Waals surface area contributed by atoms with Gasteiger partial charge >= 0.3 is 0 Å². The maximum absolute atomic E-state index is 13.8. The fourth-order valence-electron chi connectivity index (χ4n) is 5.64. The predicted octanol–water partition coefficient (Wildman–Crippen LogP) is 4.10. The Morgan fingerprint density at radius 3 is 2.51 bits per heavy atom. The van der Waals surface area contributed by atoms with Crippen LogP contribution in [0.4, 0.5) is 0 Å². The Hall–Kier alpha value is -4.06. The minimum atomic E-state index is -0.548. The van der Waals surface area contributed by atoms with Crippen molar-refractivity contribution in [3.05, 3.63) is 101 Å². The van der Waals surface area contributed by atoms with Gasteiger partial charge in [-0.25, -0.2) is 0 Å². The van der Waals surface area contributed by atoms with E-state index in [0.717, 1.165) is 39.7 Å². The van der Waals surface area contributed by atoms with E-state index in [1.807, 2.05) is 60.7 Å². The number of rotatable bonds is 5. The molecule has 3 aromatic carbocycles. The van der Waals surface area contributed by atoms with Crippen LogP contribution in [-0.2, 0) is 22.4 Å². The van der Waals surface area contributed by atoms with Crippen molar-refractivity contribution in [2.45, 2.75) is 24.9 Å². The first-order valence-electron chi connectivity index (χ1n) is 12.0. The van der Waals surface area contributed by atoms with Crippen molar-refractivity contribution in [1.82, 2.24) is 14.8 Å². The van der Waals surface area contributed by atoms with Crippen LogP contribution in [-0.4, -0.2) is 52.8 Å². The standard InChI is InChI=1S/C29H27N3O3/c1-35-25-14-8-6-12-21(25)28-27-22(20-11-5-7-13-23(20)30-27)17-24-29(34)31(18-26(33)32(24)28)16-15-19-9-3-2-4-10-19/h2-14,24,28,30H,15-18H2,1H3/t24-,28?/m0/s1. The Morgan fingerprint density at radius 2 is 1.69 bits per heavy atom. The van der Waals surface area contributed by atoms with Crippen LogP contribution in [0.15, 0.2) is 78.9 Å². The number of ether oxygens (including phenoxy) is 1. The highest BCUT2D eigenvalue weighted by Crippen LogP contribution is 2.44. The normalized spacial score (nSPS) is 19.6. The molecule has 1 unspecified atom stereocenters. The van der Waals surface area contributed by atoms with E-state index >= 15 is 0 Å². The molecule has 0 saturated carbocycles. The van der Waals surface area contributed by atoms with Crippen LogP contribution in [0.2, 0.25) is 0 Å². The number of amides is 2. The zero-order chi connectivity index (χ0) is 23.9. The molecular weight excluding hydrogens is 438 g/mol. The first-order chi connectivity index (χ1) is 17.2. The van der Waals surface area contributed by atoms with E-state index in [4.69, 9.17) is 4.74 Å². The summed E-state index contributed by atoms with van der Waals surface area (Å²) < 4.78 is 5.69. The maximum Gasteiger partial charge on any atom is 0.246 e. The predicted molar refractivity (Wildman–Crippen MR) is 134 cm³/mol. The Bertz CT molecular complexity index is 1410. The SMILES string of the molecule is COc1ccccc1C1c2[nH]c3ccccc3c2C[C@H]2C(=O)N(CCc3ccccc3)CC(=O)N12. The van der Waals surface area contributed by atoms with Crippen LogP contribution in [0, 0.1) is 0 Å². The van der Waals surface area contributed by atoms with Gasteiger partial charge in [0, 0.05) is 35.1 Å². The van der Waals surface area contributed by atoms with Gasteiger partial charge in [-0.2, -0.15) is 0 Å². The molecule has 2 amide bonds. The number of nitrogens with zero attached hydrogens (tertiary/aromatic N) is 2. The molecule has 6 heteroatoms. The van der Waals surface area contributed by atoms with E-state index in [1.165, 1.54) is 0 Å². The number of hydrogen-bond donors (Lipinski definition) is 1. The molecule has 0 spiro atoms. The number of aromatic nitrogens is 1. The average Bonchev–Trinajstić information content (AvgIpc) is 3.28. The van der Waals surface area contributed by atoms with E-state index in [9.17, 15) is 9.59 Å². The maximum atomic E-state index is 13.8. The third-order valence-corrected chi connectivity index (χ3v) is 7.29. The summed E-state index contributed by atoms with van der Waals surface area (Å²) in [5.74, 6) is 0.675. The van der Waals surface area contributed by atoms with Gasteiger partial charge in [-0.1, -0.05) is 66.7 Å². The van der Waals surface area contributed by atoms with Crippen molar-refractivity contribution in [1.29, 1.82) is 0 Å². The molecule has 176 valence electrons. The topological polar surface area (TPSA) is 65.6 Å². The number of nitrogens with one attached hydrogen (secondary N) is 1. The summed E-state index contributed by atoms with van der Waals surface area (Å²) in [5, 5.41) is 1.10. The monoisotopic (exact) mass is 465 g/mol. The van der Waals surface area contributed by atoms with Crippen LogP contribution in [0.1, 0.15) is 28.4 Å². The lowest BCUT2D eigenvalue weighted by molar-refractivity contribution is -0.158. The zero-order valence-electron chi connectivity index (χ0n) is 19.6. The minimum Gasteiger partial charge on any atom is -0.496 e. The summed E-state index contributed by atoms with van der Waals surface area (Å²) >= 11 is 0. The zero-order valence-corrected chi connectivity index (χ0v) is 19.6. The highest BCUT2D eigenvalue weighted by atomic mass is 16.5. The first kappa shape index (κ1) is 21.5. The molecule has 1 saturated heterocycles. The molecule has 1 aromatic heterocycles. The number of aromatic amines is 1. The fraction of sp³-hybridized carbons (Fsp3) is 0.241. The van der Waals surface area contributed by atoms with E-state index in [0.29, 0.717) is 18.7 Å². The Kier molecular flexibility index (Phi) is 5.29. The molecule has 1 fully saturated rings. The Labute approximate surface area is 204 Å². The van der Waals surface area contributed by atoms with Gasteiger partial charge in [-0.15, -0.1) is 0 Å². The number of para-hydroxylation sites is 2. The second-order valence-corrected chi connectivity index (χ2v) is 9.22. The molecule has 2 aliphatic rings. The van der Waals surface area contributed by atoms with E-state index in [2.05, 4.69) is 23.2 Å². The molecule has 6 rings (SSSR count). The highest BCUT2D eigenvalue weighted by molar-refractivity contribution is 5.97. The molecule has 0 aliphatic carbocycles. The molecule has 4 aromatic rings. The third-order valence-electron chi connectivity index (χ3n) is 7.29. The average molecular weight is 466 g/mol. The van der Waals surface area contributed by atoms with Gasteiger partial charge in [-0.05, 0) is 29.7 Å². The molecule has 1 N–H and O–H groups in total. The molecule has 0 bridgehead atoms. The van der Waals surface area contributed by atoms with Crippen molar-refractivity contribution >= 4 is 22.7 Å². The Morgan fingerprint density at radius 1 is 0.943 bits per heavy atom. The second kappa shape index (κ2) is 8.62. The lowest BCUT2D eigenvalue weighted by Crippen LogP contribution is -2.63. The third kappa shape index (κ3) is 3.57. The van der Waals surface area contributed by atoms with Gasteiger partial charge in [0.25, 0.3) is 0 Å². The van der Waals surface area contributed by atoms with E-state index < -0.39 is 12.1 Å². The molecule has 35 heavy (non-hydrogen) atoms. The largest absolute Gasteiger partial charge is 0.496 e. The molecule has 2 aliphatic heterocycles. The molecular formula is C29H27N3O3. The van der Waals surface area contributed by atoms with Gasteiger partial charge in [0.1, 0.15) is 17.8 Å². The molecule has 6 nitrogen and oxygen atoms in total. The second-order valence-electron chi connectivity index (χ2n) is 9.22. The van der Waals surface area contributed by atoms with Gasteiger partial charge in [0.15, 0.2) is 0 Å². The van der Waals surface area contributed by atoms with Crippen molar-refractivity contribution < 1.29 is 14.3 Å². The first-order valence-corrected chi connectivity index (χ1v) is 12.0. The number of benzene rings is 3. The van der Waals surface area contributed by atoms with Crippen LogP contribution in [0.25, 0.3) is 10.9 Å². The number of H-pyrrole nitrogens is 1. The Balaban J connectivity index is 1.43. The van der Waals surface area contributed by atoms with Crippen LogP contribution >= 0.6 is 0 Å². The number of methoxy groups -OCH3 is 1. The van der Waals surface area contributed by atoms with Crippen LogP contribution in [0.5, 0.6) is 5.75 Å². The molecule has 2 atom stereocenters. The van der Waals surface area contributed by atoms with Crippen molar-refractivity contribution in [3.8, 4) is 5.75 Å². The number of piperazine rings is 1. The smallest absolute Gasteiger partial charge is 0.246 e.